The lowest BCUT2D eigenvalue weighted by molar-refractivity contribution is 0.281. The molecule has 120 valence electrons. The Balaban J connectivity index is 2.93. The van der Waals surface area contributed by atoms with Crippen molar-refractivity contribution in [3.05, 3.63) is 18.2 Å². The van der Waals surface area contributed by atoms with E-state index in [1.807, 2.05) is 0 Å². The fourth-order valence-corrected chi connectivity index (χ4v) is 3.28. The first-order valence-electron chi connectivity index (χ1n) is 7.03. The van der Waals surface area contributed by atoms with Crippen molar-refractivity contribution in [3.8, 4) is 5.75 Å². The summed E-state index contributed by atoms with van der Waals surface area (Å²) in [5.74, 6) is 0.314. The van der Waals surface area contributed by atoms with Gasteiger partial charge < -0.3 is 15.6 Å². The van der Waals surface area contributed by atoms with Crippen molar-refractivity contribution in [2.75, 3.05) is 32.5 Å². The highest BCUT2D eigenvalue weighted by Crippen LogP contribution is 2.28. The lowest BCUT2D eigenvalue weighted by Crippen LogP contribution is -2.28. The number of unbranched alkanes of at least 4 members (excludes halogenated alkanes) is 2. The minimum Gasteiger partial charge on any atom is -0.492 e. The fraction of sp³-hybridized carbons (Fsp3) is 0.571. The van der Waals surface area contributed by atoms with E-state index in [1.165, 1.54) is 17.4 Å². The molecule has 0 radical (unpaired) electrons. The highest BCUT2D eigenvalue weighted by molar-refractivity contribution is 7.89. The number of benzene rings is 1. The Morgan fingerprint density at radius 1 is 1.29 bits per heavy atom. The predicted octanol–water partition coefficient (Wildman–Crippen LogP) is 1.45. The summed E-state index contributed by atoms with van der Waals surface area (Å²) in [6, 6.07) is 4.61. The second-order valence-corrected chi connectivity index (χ2v) is 6.76. The SMILES string of the molecule is CCOc1ccc(N)cc1S(=O)(=O)N(C)CCCCCO. The number of hydrogen-bond acceptors (Lipinski definition) is 5. The summed E-state index contributed by atoms with van der Waals surface area (Å²) < 4.78 is 31.8. The number of aliphatic hydroxyl groups excluding tert-OH is 1. The van der Waals surface area contributed by atoms with Gasteiger partial charge >= 0.3 is 0 Å². The van der Waals surface area contributed by atoms with Crippen LogP contribution in [0.5, 0.6) is 5.75 Å². The first-order valence-corrected chi connectivity index (χ1v) is 8.47. The number of anilines is 1. The van der Waals surface area contributed by atoms with E-state index in [0.717, 1.165) is 6.42 Å². The maximum atomic E-state index is 12.6. The van der Waals surface area contributed by atoms with Crippen LogP contribution in [-0.4, -0.2) is 44.6 Å². The Morgan fingerprint density at radius 2 is 2.00 bits per heavy atom. The van der Waals surface area contributed by atoms with Gasteiger partial charge in [-0.15, -0.1) is 0 Å². The number of sulfonamides is 1. The molecule has 0 unspecified atom stereocenters. The van der Waals surface area contributed by atoms with Crippen LogP contribution in [-0.2, 0) is 10.0 Å². The van der Waals surface area contributed by atoms with Crippen LogP contribution in [0.15, 0.2) is 23.1 Å². The number of nitrogens with zero attached hydrogens (tertiary/aromatic N) is 1. The summed E-state index contributed by atoms with van der Waals surface area (Å²) in [5, 5.41) is 8.73. The molecule has 0 aliphatic carbocycles. The molecule has 0 atom stereocenters. The molecule has 3 N–H and O–H groups in total. The van der Waals surface area contributed by atoms with Crippen LogP contribution < -0.4 is 10.5 Å². The van der Waals surface area contributed by atoms with E-state index in [1.54, 1.807) is 19.1 Å². The molecule has 0 amide bonds. The number of rotatable bonds is 9. The molecule has 0 aliphatic heterocycles. The molecular weight excluding hydrogens is 292 g/mol. The summed E-state index contributed by atoms with van der Waals surface area (Å²) in [4.78, 5) is 0.0917. The van der Waals surface area contributed by atoms with Crippen LogP contribution in [0.4, 0.5) is 5.69 Å². The zero-order chi connectivity index (χ0) is 15.9. The Hall–Kier alpha value is -1.31. The average molecular weight is 316 g/mol. The van der Waals surface area contributed by atoms with Gasteiger partial charge in [-0.1, -0.05) is 0 Å². The van der Waals surface area contributed by atoms with Crippen molar-refractivity contribution >= 4 is 15.7 Å². The maximum Gasteiger partial charge on any atom is 0.246 e. The van der Waals surface area contributed by atoms with Crippen LogP contribution in [0.25, 0.3) is 0 Å². The second-order valence-electron chi connectivity index (χ2n) is 4.75. The summed E-state index contributed by atoms with van der Waals surface area (Å²) in [7, 11) is -2.10. The zero-order valence-corrected chi connectivity index (χ0v) is 13.4. The van der Waals surface area contributed by atoms with E-state index in [-0.39, 0.29) is 11.5 Å². The van der Waals surface area contributed by atoms with Gasteiger partial charge in [-0.25, -0.2) is 12.7 Å². The van der Waals surface area contributed by atoms with E-state index in [9.17, 15) is 8.42 Å². The van der Waals surface area contributed by atoms with Gasteiger partial charge in [0, 0.05) is 25.9 Å². The fourth-order valence-electron chi connectivity index (χ4n) is 1.91. The van der Waals surface area contributed by atoms with E-state index in [4.69, 9.17) is 15.6 Å². The molecule has 0 fully saturated rings. The zero-order valence-electron chi connectivity index (χ0n) is 12.6. The molecule has 0 aliphatic rings. The highest BCUT2D eigenvalue weighted by atomic mass is 32.2. The Kier molecular flexibility index (Phi) is 6.94. The summed E-state index contributed by atoms with van der Waals surface area (Å²) in [5.41, 5.74) is 6.07. The molecule has 0 saturated heterocycles. The number of nitrogens with two attached hydrogens (primary N) is 1. The molecule has 0 saturated carbocycles. The maximum absolute atomic E-state index is 12.6. The average Bonchev–Trinajstić information content (AvgIpc) is 2.45. The standard InChI is InChI=1S/C14H24N2O4S/c1-3-20-13-8-7-12(15)11-14(13)21(18,19)16(2)9-5-4-6-10-17/h7-8,11,17H,3-6,9-10,15H2,1-2H3. The third-order valence-corrected chi connectivity index (χ3v) is 4.97. The monoisotopic (exact) mass is 316 g/mol. The van der Waals surface area contributed by atoms with Crippen LogP contribution in [0.2, 0.25) is 0 Å². The van der Waals surface area contributed by atoms with Gasteiger partial charge in [-0.2, -0.15) is 0 Å². The molecule has 1 aromatic rings. The second kappa shape index (κ2) is 8.21. The number of hydrogen-bond donors (Lipinski definition) is 2. The first kappa shape index (κ1) is 17.7. The molecule has 0 aromatic heterocycles. The van der Waals surface area contributed by atoms with Crippen LogP contribution in [0.3, 0.4) is 0 Å². The normalized spacial score (nSPS) is 11.8. The Labute approximate surface area is 126 Å². The van der Waals surface area contributed by atoms with Crippen molar-refractivity contribution in [1.29, 1.82) is 0 Å². The quantitative estimate of drug-likeness (QED) is 0.531. The lowest BCUT2D eigenvalue weighted by atomic mass is 10.2. The summed E-state index contributed by atoms with van der Waals surface area (Å²) >= 11 is 0. The first-order chi connectivity index (χ1) is 9.93. The van der Waals surface area contributed by atoms with Gasteiger partial charge in [0.1, 0.15) is 10.6 Å². The molecule has 0 heterocycles. The van der Waals surface area contributed by atoms with Crippen LogP contribution in [0.1, 0.15) is 26.2 Å². The molecule has 1 rings (SSSR count). The highest BCUT2D eigenvalue weighted by Gasteiger charge is 2.24. The molecule has 21 heavy (non-hydrogen) atoms. The smallest absolute Gasteiger partial charge is 0.246 e. The van der Waals surface area contributed by atoms with Gasteiger partial charge in [0.25, 0.3) is 0 Å². The van der Waals surface area contributed by atoms with E-state index < -0.39 is 10.0 Å². The molecule has 7 heteroatoms. The van der Waals surface area contributed by atoms with Crippen LogP contribution in [0, 0.1) is 0 Å². The van der Waals surface area contributed by atoms with Crippen molar-refractivity contribution in [2.24, 2.45) is 0 Å². The Bertz CT molecular complexity index is 546. The molecule has 1 aromatic carbocycles. The largest absolute Gasteiger partial charge is 0.492 e. The topological polar surface area (TPSA) is 92.9 Å². The molecule has 0 spiro atoms. The van der Waals surface area contributed by atoms with Gasteiger partial charge in [0.15, 0.2) is 0 Å². The van der Waals surface area contributed by atoms with Crippen molar-refractivity contribution < 1.29 is 18.3 Å². The van der Waals surface area contributed by atoms with Crippen molar-refractivity contribution in [1.82, 2.24) is 4.31 Å². The van der Waals surface area contributed by atoms with Crippen molar-refractivity contribution in [2.45, 2.75) is 31.1 Å². The van der Waals surface area contributed by atoms with E-state index >= 15 is 0 Å². The van der Waals surface area contributed by atoms with Crippen molar-refractivity contribution in [3.63, 3.8) is 0 Å². The number of ether oxygens (including phenoxy) is 1. The van der Waals surface area contributed by atoms with E-state index in [2.05, 4.69) is 0 Å². The van der Waals surface area contributed by atoms with Crippen LogP contribution >= 0.6 is 0 Å². The van der Waals surface area contributed by atoms with Gasteiger partial charge in [-0.05, 0) is 44.4 Å². The molecule has 0 bridgehead atoms. The van der Waals surface area contributed by atoms with Gasteiger partial charge in [-0.3, -0.25) is 0 Å². The Morgan fingerprint density at radius 3 is 2.62 bits per heavy atom. The predicted molar refractivity (Wildman–Crippen MR) is 82.8 cm³/mol. The summed E-state index contributed by atoms with van der Waals surface area (Å²) in [6.45, 7) is 2.70. The third kappa shape index (κ3) is 4.87. The molecule has 6 nitrogen and oxygen atoms in total. The summed E-state index contributed by atoms with van der Waals surface area (Å²) in [6.07, 6.45) is 2.16. The number of aliphatic hydroxyl groups is 1. The van der Waals surface area contributed by atoms with E-state index in [0.29, 0.717) is 37.4 Å². The minimum absolute atomic E-state index is 0.0917. The van der Waals surface area contributed by atoms with Gasteiger partial charge in [0.05, 0.1) is 6.61 Å². The molecular formula is C14H24N2O4S. The minimum atomic E-state index is -3.64. The number of nitrogen functional groups attached to an aromatic ring is 1. The van der Waals surface area contributed by atoms with Gasteiger partial charge in [0.2, 0.25) is 10.0 Å². The lowest BCUT2D eigenvalue weighted by Gasteiger charge is -2.19. The third-order valence-electron chi connectivity index (χ3n) is 3.09.